The molecule has 0 aliphatic heterocycles. The first-order chi connectivity index (χ1) is 17.4. The van der Waals surface area contributed by atoms with Crippen LogP contribution in [0.3, 0.4) is 0 Å². The highest BCUT2D eigenvalue weighted by Gasteiger charge is 2.28. The molecule has 11 heteroatoms. The highest BCUT2D eigenvalue weighted by atomic mass is 35.5. The molecule has 37 heavy (non-hydrogen) atoms. The maximum atomic E-state index is 14.6. The van der Waals surface area contributed by atoms with Crippen LogP contribution in [0.4, 0.5) is 18.9 Å². The van der Waals surface area contributed by atoms with E-state index in [9.17, 15) is 23.1 Å². The molecule has 4 rings (SSSR count). The van der Waals surface area contributed by atoms with E-state index in [1.54, 1.807) is 39.0 Å². The number of nitrogens with zero attached hydrogens (tertiary/aromatic N) is 3. The summed E-state index contributed by atoms with van der Waals surface area (Å²) in [5.41, 5.74) is 5.69. The quantitative estimate of drug-likeness (QED) is 0.290. The third kappa shape index (κ3) is 5.35. The number of nitrogens with one attached hydrogen (secondary N) is 1. The van der Waals surface area contributed by atoms with Crippen molar-refractivity contribution in [1.82, 2.24) is 15.0 Å². The van der Waals surface area contributed by atoms with Gasteiger partial charge in [-0.25, -0.2) is 23.1 Å². The monoisotopic (exact) mass is 529 g/mol. The molecule has 1 atom stereocenters. The average Bonchev–Trinajstić information content (AvgIpc) is 2.84. The van der Waals surface area contributed by atoms with Crippen molar-refractivity contribution in [1.29, 1.82) is 0 Å². The number of amides is 1. The van der Waals surface area contributed by atoms with Crippen LogP contribution in [0, 0.1) is 12.7 Å². The van der Waals surface area contributed by atoms with Crippen LogP contribution in [-0.4, -0.2) is 32.4 Å². The summed E-state index contributed by atoms with van der Waals surface area (Å²) in [4.78, 5) is 24.4. The molecule has 0 bridgehead atoms. The summed E-state index contributed by atoms with van der Waals surface area (Å²) in [6, 6.07) is 6.32. The van der Waals surface area contributed by atoms with Crippen LogP contribution in [0.15, 0.2) is 48.8 Å². The van der Waals surface area contributed by atoms with Gasteiger partial charge in [0.15, 0.2) is 5.82 Å². The first-order valence-electron chi connectivity index (χ1n) is 11.2. The number of hydrogen-bond acceptors (Lipinski definition) is 6. The minimum Gasteiger partial charge on any atom is -0.382 e. The van der Waals surface area contributed by atoms with Gasteiger partial charge in [-0.3, -0.25) is 9.78 Å². The van der Waals surface area contributed by atoms with E-state index < -0.39 is 35.4 Å². The Morgan fingerprint density at radius 1 is 1.11 bits per heavy atom. The molecule has 0 radical (unpaired) electrons. The van der Waals surface area contributed by atoms with Crippen molar-refractivity contribution >= 4 is 34.1 Å². The number of pyridine rings is 1. The lowest BCUT2D eigenvalue weighted by Crippen LogP contribution is -2.22. The van der Waals surface area contributed by atoms with Gasteiger partial charge in [0.1, 0.15) is 17.5 Å². The lowest BCUT2D eigenvalue weighted by Gasteiger charge is -2.23. The number of carbonyl (C=O) groups excluding carboxylic acids is 1. The second kappa shape index (κ2) is 9.95. The number of anilines is 1. The number of halogens is 4. The molecule has 0 saturated carbocycles. The zero-order valence-electron chi connectivity index (χ0n) is 20.1. The van der Waals surface area contributed by atoms with E-state index >= 15 is 0 Å². The highest BCUT2D eigenvalue weighted by molar-refractivity contribution is 6.35. The summed E-state index contributed by atoms with van der Waals surface area (Å²) in [6.45, 7) is 4.75. The summed E-state index contributed by atoms with van der Waals surface area (Å²) in [5.74, 6) is -1.57. The third-order valence-electron chi connectivity index (χ3n) is 5.79. The highest BCUT2D eigenvalue weighted by Crippen LogP contribution is 2.38. The van der Waals surface area contributed by atoms with Gasteiger partial charge >= 0.3 is 0 Å². The molecule has 1 amide bonds. The number of fused-ring (bicyclic) bond motifs is 1. The van der Waals surface area contributed by atoms with Crippen molar-refractivity contribution in [2.24, 2.45) is 5.73 Å². The second-order valence-electron chi connectivity index (χ2n) is 9.03. The number of nitrogens with two attached hydrogens (primary N) is 1. The van der Waals surface area contributed by atoms with Gasteiger partial charge in [-0.1, -0.05) is 17.7 Å². The number of hydrogen-bond donors (Lipinski definition) is 3. The van der Waals surface area contributed by atoms with Crippen LogP contribution >= 0.6 is 11.6 Å². The molecule has 7 nitrogen and oxygen atoms in total. The zero-order valence-corrected chi connectivity index (χ0v) is 20.8. The molecule has 2 aromatic heterocycles. The number of aliphatic hydroxyl groups is 1. The van der Waals surface area contributed by atoms with E-state index in [1.807, 2.05) is 0 Å². The Hall–Kier alpha value is -3.76. The van der Waals surface area contributed by atoms with Crippen LogP contribution < -0.4 is 11.1 Å². The fourth-order valence-corrected chi connectivity index (χ4v) is 4.04. The minimum atomic E-state index is -3.07. The fourth-order valence-electron chi connectivity index (χ4n) is 3.84. The van der Waals surface area contributed by atoms with Crippen LogP contribution in [0.2, 0.25) is 5.02 Å². The molecule has 4 aromatic rings. The number of rotatable bonds is 7. The van der Waals surface area contributed by atoms with Gasteiger partial charge in [0, 0.05) is 34.5 Å². The van der Waals surface area contributed by atoms with Crippen LogP contribution in [0.5, 0.6) is 0 Å². The number of aryl methyl sites for hydroxylation is 1. The Kier molecular flexibility index (Phi) is 7.07. The maximum absolute atomic E-state index is 14.6. The summed E-state index contributed by atoms with van der Waals surface area (Å²) >= 11 is 6.51. The van der Waals surface area contributed by atoms with E-state index in [0.717, 1.165) is 18.2 Å². The molecule has 2 aromatic carbocycles. The molecule has 0 fully saturated rings. The van der Waals surface area contributed by atoms with Crippen molar-refractivity contribution < 1.29 is 23.1 Å². The Morgan fingerprint density at radius 3 is 2.38 bits per heavy atom. The Morgan fingerprint density at radius 2 is 1.78 bits per heavy atom. The molecular formula is C26H23ClF3N5O2. The van der Waals surface area contributed by atoms with E-state index in [2.05, 4.69) is 20.3 Å². The first kappa shape index (κ1) is 26.3. The summed E-state index contributed by atoms with van der Waals surface area (Å²) in [5, 5.41) is 13.3. The Bertz CT molecular complexity index is 1490. The molecule has 0 aliphatic carbocycles. The molecule has 4 N–H and O–H groups in total. The number of carbonyl (C=O) groups is 1. The number of alkyl halides is 2. The molecule has 192 valence electrons. The lowest BCUT2D eigenvalue weighted by molar-refractivity contribution is 0.0687. The zero-order chi connectivity index (χ0) is 27.1. The predicted octanol–water partition coefficient (Wildman–Crippen LogP) is 5.54. The van der Waals surface area contributed by atoms with Gasteiger partial charge in [-0.2, -0.15) is 0 Å². The van der Waals surface area contributed by atoms with Crippen molar-refractivity contribution in [2.45, 2.75) is 38.8 Å². The summed E-state index contributed by atoms with van der Waals surface area (Å²) < 4.78 is 43.1. The van der Waals surface area contributed by atoms with E-state index in [-0.39, 0.29) is 22.1 Å². The standard InChI is InChI=1S/C26H23ClF3N5O2/c1-12-20(27)21(35-22(23(29)30)16-9-14(24(31)36)4-6-18(16)28)17-8-13(5-7-19(17)34-12)15-10-32-25(33-11-15)26(2,3)37/h4-11,22-23,37H,1-3H3,(H2,31,36)(H,34,35). The number of benzene rings is 2. The van der Waals surface area contributed by atoms with Crippen molar-refractivity contribution in [3.05, 3.63) is 82.3 Å². The maximum Gasteiger partial charge on any atom is 0.262 e. The van der Waals surface area contributed by atoms with E-state index in [0.29, 0.717) is 27.7 Å². The molecule has 1 unspecified atom stereocenters. The van der Waals surface area contributed by atoms with Gasteiger partial charge in [0.25, 0.3) is 6.43 Å². The second-order valence-corrected chi connectivity index (χ2v) is 9.41. The minimum absolute atomic E-state index is 0.0791. The van der Waals surface area contributed by atoms with Gasteiger partial charge < -0.3 is 16.2 Å². The summed E-state index contributed by atoms with van der Waals surface area (Å²) in [7, 11) is 0. The van der Waals surface area contributed by atoms with Gasteiger partial charge in [-0.15, -0.1) is 0 Å². The Labute approximate surface area is 215 Å². The third-order valence-corrected chi connectivity index (χ3v) is 6.25. The van der Waals surface area contributed by atoms with Gasteiger partial charge in [0.05, 0.1) is 21.9 Å². The normalized spacial score (nSPS) is 12.7. The van der Waals surface area contributed by atoms with Crippen molar-refractivity contribution in [3.8, 4) is 11.1 Å². The Balaban J connectivity index is 1.84. The van der Waals surface area contributed by atoms with Gasteiger partial charge in [-0.05, 0) is 56.7 Å². The lowest BCUT2D eigenvalue weighted by atomic mass is 10.0. The number of aromatic nitrogens is 3. The average molecular weight is 530 g/mol. The topological polar surface area (TPSA) is 114 Å². The van der Waals surface area contributed by atoms with Gasteiger partial charge in [0.2, 0.25) is 5.91 Å². The molecule has 2 heterocycles. The SMILES string of the molecule is Cc1nc2ccc(-c3cnc(C(C)(C)O)nc3)cc2c(NC(c2cc(C(N)=O)ccc2F)C(F)F)c1Cl. The van der Waals surface area contributed by atoms with Crippen LogP contribution in [0.25, 0.3) is 22.0 Å². The van der Waals surface area contributed by atoms with Crippen molar-refractivity contribution in [2.75, 3.05) is 5.32 Å². The molecular weight excluding hydrogens is 507 g/mol. The molecule has 0 spiro atoms. The smallest absolute Gasteiger partial charge is 0.262 e. The number of primary amides is 1. The van der Waals surface area contributed by atoms with E-state index in [4.69, 9.17) is 17.3 Å². The summed E-state index contributed by atoms with van der Waals surface area (Å²) in [6.07, 6.45) is -0.00209. The fraction of sp³-hybridized carbons (Fsp3) is 0.231. The van der Waals surface area contributed by atoms with E-state index in [1.165, 1.54) is 12.4 Å². The van der Waals surface area contributed by atoms with Crippen LogP contribution in [-0.2, 0) is 5.60 Å². The first-order valence-corrected chi connectivity index (χ1v) is 11.5. The molecule has 0 aliphatic rings. The van der Waals surface area contributed by atoms with Crippen LogP contribution in [0.1, 0.15) is 47.3 Å². The predicted molar refractivity (Wildman–Crippen MR) is 135 cm³/mol. The molecule has 0 saturated heterocycles. The largest absolute Gasteiger partial charge is 0.382 e. The van der Waals surface area contributed by atoms with Crippen molar-refractivity contribution in [3.63, 3.8) is 0 Å².